The predicted octanol–water partition coefficient (Wildman–Crippen LogP) is -0.395. The molecule has 21 heavy (non-hydrogen) atoms. The molecule has 0 radical (unpaired) electrons. The van der Waals surface area contributed by atoms with Gasteiger partial charge in [0.15, 0.2) is 0 Å². The number of rotatable bonds is 8. The number of fused-ring (bicyclic) bond motifs is 1. The molecule has 0 aromatic carbocycles. The number of nitrogens with one attached hydrogen (secondary N) is 2. The first kappa shape index (κ1) is 15.9. The van der Waals surface area contributed by atoms with Gasteiger partial charge in [0.25, 0.3) is 0 Å². The zero-order chi connectivity index (χ0) is 15.1. The molecule has 0 bridgehead atoms. The van der Waals surface area contributed by atoms with E-state index in [0.29, 0.717) is 26.2 Å². The third-order valence-corrected chi connectivity index (χ3v) is 3.68. The first-order valence-corrected chi connectivity index (χ1v) is 7.40. The molecule has 0 fully saturated rings. The molecule has 1 aromatic rings. The van der Waals surface area contributed by atoms with E-state index >= 15 is 0 Å². The fourth-order valence-corrected chi connectivity index (χ4v) is 2.68. The monoisotopic (exact) mass is 296 g/mol. The maximum Gasteiger partial charge on any atom is 0.234 e. The van der Waals surface area contributed by atoms with Crippen LogP contribution in [0, 0.1) is 0 Å². The van der Waals surface area contributed by atoms with Crippen molar-refractivity contribution < 1.29 is 14.6 Å². The average Bonchev–Trinajstić information content (AvgIpc) is 2.89. The van der Waals surface area contributed by atoms with Gasteiger partial charge < -0.3 is 20.5 Å². The van der Waals surface area contributed by atoms with Gasteiger partial charge in [0, 0.05) is 24.9 Å². The van der Waals surface area contributed by atoms with Gasteiger partial charge in [-0.05, 0) is 19.3 Å². The number of carbonyl (C=O) groups excluding carboxylic acids is 1. The molecular weight excluding hydrogens is 272 g/mol. The van der Waals surface area contributed by atoms with Crippen molar-refractivity contribution in [3.05, 3.63) is 17.5 Å². The van der Waals surface area contributed by atoms with Crippen molar-refractivity contribution in [3.8, 4) is 0 Å². The van der Waals surface area contributed by atoms with Crippen molar-refractivity contribution in [3.63, 3.8) is 0 Å². The topological polar surface area (TPSA) is 88.4 Å². The fourth-order valence-electron chi connectivity index (χ4n) is 2.68. The highest BCUT2D eigenvalue weighted by atomic mass is 16.5. The number of ether oxygens (including phenoxy) is 1. The van der Waals surface area contributed by atoms with Gasteiger partial charge in [-0.3, -0.25) is 9.48 Å². The Hall–Kier alpha value is -1.44. The number of hydrogen-bond acceptors (Lipinski definition) is 5. The minimum atomic E-state index is -0.0149. The molecule has 1 aromatic heterocycles. The second-order valence-electron chi connectivity index (χ2n) is 5.18. The summed E-state index contributed by atoms with van der Waals surface area (Å²) in [7, 11) is 1.63. The number of hydrogen-bond donors (Lipinski definition) is 3. The van der Waals surface area contributed by atoms with Gasteiger partial charge in [-0.1, -0.05) is 0 Å². The lowest BCUT2D eigenvalue weighted by atomic mass is 9.93. The molecule has 1 heterocycles. The van der Waals surface area contributed by atoms with E-state index < -0.39 is 0 Å². The van der Waals surface area contributed by atoms with Gasteiger partial charge in [0.2, 0.25) is 5.91 Å². The molecule has 0 saturated carbocycles. The Morgan fingerprint density at radius 2 is 2.48 bits per heavy atom. The lowest BCUT2D eigenvalue weighted by Gasteiger charge is -2.24. The molecule has 7 heteroatoms. The van der Waals surface area contributed by atoms with Crippen LogP contribution in [0.1, 0.15) is 30.1 Å². The maximum atomic E-state index is 11.9. The number of aromatic nitrogens is 2. The third kappa shape index (κ3) is 4.26. The highest BCUT2D eigenvalue weighted by molar-refractivity contribution is 5.78. The predicted molar refractivity (Wildman–Crippen MR) is 77.9 cm³/mol. The van der Waals surface area contributed by atoms with E-state index in [9.17, 15) is 4.79 Å². The van der Waals surface area contributed by atoms with Gasteiger partial charge in [0.05, 0.1) is 38.5 Å². The second-order valence-corrected chi connectivity index (χ2v) is 5.18. The van der Waals surface area contributed by atoms with E-state index in [0.717, 1.165) is 30.5 Å². The molecule has 1 aliphatic carbocycles. The first-order chi connectivity index (χ1) is 10.3. The smallest absolute Gasteiger partial charge is 0.234 e. The fraction of sp³-hybridized carbons (Fsp3) is 0.714. The second kappa shape index (κ2) is 8.11. The van der Waals surface area contributed by atoms with E-state index in [4.69, 9.17) is 9.84 Å². The van der Waals surface area contributed by atoms with Crippen molar-refractivity contribution in [2.45, 2.75) is 31.8 Å². The third-order valence-electron chi connectivity index (χ3n) is 3.68. The Morgan fingerprint density at radius 3 is 3.24 bits per heavy atom. The molecule has 0 spiro atoms. The first-order valence-electron chi connectivity index (χ1n) is 7.40. The summed E-state index contributed by atoms with van der Waals surface area (Å²) in [6.07, 6.45) is 4.72. The number of nitrogens with zero attached hydrogens (tertiary/aromatic N) is 2. The van der Waals surface area contributed by atoms with Crippen molar-refractivity contribution in [1.29, 1.82) is 0 Å². The highest BCUT2D eigenvalue weighted by Gasteiger charge is 2.25. The van der Waals surface area contributed by atoms with Crippen LogP contribution >= 0.6 is 0 Å². The highest BCUT2D eigenvalue weighted by Crippen LogP contribution is 2.29. The molecule has 1 atom stereocenters. The van der Waals surface area contributed by atoms with Crippen LogP contribution in [-0.2, 0) is 22.5 Å². The molecule has 1 amide bonds. The van der Waals surface area contributed by atoms with Crippen molar-refractivity contribution in [1.82, 2.24) is 20.4 Å². The van der Waals surface area contributed by atoms with Crippen molar-refractivity contribution >= 4 is 5.91 Å². The van der Waals surface area contributed by atoms with Gasteiger partial charge >= 0.3 is 0 Å². The number of amides is 1. The van der Waals surface area contributed by atoms with Gasteiger partial charge in [0.1, 0.15) is 0 Å². The van der Waals surface area contributed by atoms with E-state index in [1.165, 1.54) is 0 Å². The normalized spacial score (nSPS) is 17.5. The van der Waals surface area contributed by atoms with Gasteiger partial charge in [-0.2, -0.15) is 5.10 Å². The average molecular weight is 296 g/mol. The van der Waals surface area contributed by atoms with Crippen LogP contribution < -0.4 is 10.6 Å². The van der Waals surface area contributed by atoms with E-state index in [-0.39, 0.29) is 18.6 Å². The Kier molecular flexibility index (Phi) is 6.16. The summed E-state index contributed by atoms with van der Waals surface area (Å²) in [5.74, 6) is -0.0149. The standard InChI is InChI=1S/C14H24N4O3/c1-21-8-5-15-10-14(20)17-12-3-2-4-13-11(12)9-16-18(13)6-7-19/h9,12,15,19H,2-8,10H2,1H3,(H,17,20). The number of aliphatic hydroxyl groups excluding tert-OH is 1. The molecule has 1 aliphatic rings. The van der Waals surface area contributed by atoms with Crippen LogP contribution in [0.4, 0.5) is 0 Å². The summed E-state index contributed by atoms with van der Waals surface area (Å²) in [6, 6.07) is 0.0258. The molecule has 7 nitrogen and oxygen atoms in total. The lowest BCUT2D eigenvalue weighted by Crippen LogP contribution is -2.38. The zero-order valence-electron chi connectivity index (χ0n) is 12.5. The van der Waals surface area contributed by atoms with E-state index in [2.05, 4.69) is 15.7 Å². The summed E-state index contributed by atoms with van der Waals surface area (Å²) in [5.41, 5.74) is 2.22. The molecule has 0 aliphatic heterocycles. The van der Waals surface area contributed by atoms with Crippen LogP contribution in [-0.4, -0.2) is 54.2 Å². The summed E-state index contributed by atoms with van der Waals surface area (Å²) < 4.78 is 6.76. The number of methoxy groups -OCH3 is 1. The van der Waals surface area contributed by atoms with Gasteiger partial charge in [-0.25, -0.2) is 0 Å². The number of carbonyl (C=O) groups is 1. The van der Waals surface area contributed by atoms with E-state index in [1.54, 1.807) is 7.11 Å². The Bertz CT molecular complexity index is 461. The Labute approximate surface area is 124 Å². The van der Waals surface area contributed by atoms with Crippen LogP contribution in [0.2, 0.25) is 0 Å². The largest absolute Gasteiger partial charge is 0.394 e. The molecular formula is C14H24N4O3. The summed E-state index contributed by atoms with van der Waals surface area (Å²) in [5, 5.41) is 19.4. The Balaban J connectivity index is 1.89. The lowest BCUT2D eigenvalue weighted by molar-refractivity contribution is -0.121. The van der Waals surface area contributed by atoms with Gasteiger partial charge in [-0.15, -0.1) is 0 Å². The molecule has 0 saturated heterocycles. The zero-order valence-corrected chi connectivity index (χ0v) is 12.5. The van der Waals surface area contributed by atoms with Crippen LogP contribution in [0.15, 0.2) is 6.20 Å². The summed E-state index contributed by atoms with van der Waals surface area (Å²) >= 11 is 0. The molecule has 2 rings (SSSR count). The van der Waals surface area contributed by atoms with Crippen LogP contribution in [0.25, 0.3) is 0 Å². The maximum absolute atomic E-state index is 11.9. The van der Waals surface area contributed by atoms with Crippen molar-refractivity contribution in [2.24, 2.45) is 0 Å². The summed E-state index contributed by atoms with van der Waals surface area (Å²) in [6.45, 7) is 2.13. The number of aliphatic hydroxyl groups is 1. The minimum Gasteiger partial charge on any atom is -0.394 e. The van der Waals surface area contributed by atoms with Crippen LogP contribution in [0.3, 0.4) is 0 Å². The van der Waals surface area contributed by atoms with Crippen LogP contribution in [0.5, 0.6) is 0 Å². The van der Waals surface area contributed by atoms with E-state index in [1.807, 2.05) is 10.9 Å². The quantitative estimate of drug-likeness (QED) is 0.568. The molecule has 118 valence electrons. The summed E-state index contributed by atoms with van der Waals surface area (Å²) in [4.78, 5) is 11.9. The molecule has 3 N–H and O–H groups in total. The SMILES string of the molecule is COCCNCC(=O)NC1CCCc2c1cnn2CCO. The molecule has 1 unspecified atom stereocenters. The minimum absolute atomic E-state index is 0.0149. The Morgan fingerprint density at radius 1 is 1.62 bits per heavy atom. The van der Waals surface area contributed by atoms with Crippen molar-refractivity contribution in [2.75, 3.05) is 33.4 Å².